The standard InChI is InChI=1S/C18H28BrNO/c1-3-4-5-13-6-8-14(9-7-13)18(20)15-10-11-17(21-2)16(19)12-15/h10-14,18H,3-9,20H2,1-2H3. The second-order valence-electron chi connectivity index (χ2n) is 6.34. The maximum atomic E-state index is 6.51. The van der Waals surface area contributed by atoms with Crippen LogP contribution in [0.3, 0.4) is 0 Å². The lowest BCUT2D eigenvalue weighted by atomic mass is 9.75. The fourth-order valence-corrected chi connectivity index (χ4v) is 4.05. The van der Waals surface area contributed by atoms with Gasteiger partial charge in [-0.25, -0.2) is 0 Å². The zero-order chi connectivity index (χ0) is 15.2. The summed E-state index contributed by atoms with van der Waals surface area (Å²) in [5, 5.41) is 0. The van der Waals surface area contributed by atoms with E-state index in [0.29, 0.717) is 5.92 Å². The molecule has 1 aliphatic carbocycles. The molecule has 0 heterocycles. The molecule has 2 rings (SSSR count). The van der Waals surface area contributed by atoms with Crippen LogP contribution in [0.5, 0.6) is 5.75 Å². The highest BCUT2D eigenvalue weighted by molar-refractivity contribution is 9.10. The molecule has 1 aromatic carbocycles. The summed E-state index contributed by atoms with van der Waals surface area (Å²) in [7, 11) is 1.69. The van der Waals surface area contributed by atoms with Gasteiger partial charge in [0.15, 0.2) is 0 Å². The van der Waals surface area contributed by atoms with Crippen molar-refractivity contribution in [3.8, 4) is 5.75 Å². The Bertz CT molecular complexity index is 441. The maximum absolute atomic E-state index is 6.51. The maximum Gasteiger partial charge on any atom is 0.133 e. The lowest BCUT2D eigenvalue weighted by Crippen LogP contribution is -2.26. The fourth-order valence-electron chi connectivity index (χ4n) is 3.49. The summed E-state index contributed by atoms with van der Waals surface area (Å²) in [6, 6.07) is 6.38. The zero-order valence-corrected chi connectivity index (χ0v) is 14.9. The third-order valence-electron chi connectivity index (χ3n) is 4.93. The predicted octanol–water partition coefficient (Wildman–Crippen LogP) is 5.45. The van der Waals surface area contributed by atoms with Crippen molar-refractivity contribution in [2.45, 2.75) is 57.9 Å². The normalized spacial score (nSPS) is 23.8. The van der Waals surface area contributed by atoms with Gasteiger partial charge in [0, 0.05) is 6.04 Å². The lowest BCUT2D eigenvalue weighted by molar-refractivity contribution is 0.232. The first kappa shape index (κ1) is 16.8. The molecule has 0 spiro atoms. The Labute approximate surface area is 137 Å². The molecular weight excluding hydrogens is 326 g/mol. The van der Waals surface area contributed by atoms with E-state index in [0.717, 1.165) is 16.1 Å². The molecule has 0 radical (unpaired) electrons. The first-order valence-corrected chi connectivity index (χ1v) is 9.04. The number of methoxy groups -OCH3 is 1. The second kappa shape index (κ2) is 8.19. The molecule has 1 fully saturated rings. The number of hydrogen-bond donors (Lipinski definition) is 1. The van der Waals surface area contributed by atoms with Gasteiger partial charge >= 0.3 is 0 Å². The van der Waals surface area contributed by atoms with Crippen LogP contribution < -0.4 is 10.5 Å². The predicted molar refractivity (Wildman–Crippen MR) is 92.6 cm³/mol. The third-order valence-corrected chi connectivity index (χ3v) is 5.55. The number of hydrogen-bond acceptors (Lipinski definition) is 2. The molecule has 1 aromatic rings. The number of ether oxygens (including phenoxy) is 1. The van der Waals surface area contributed by atoms with E-state index in [9.17, 15) is 0 Å². The Morgan fingerprint density at radius 3 is 2.57 bits per heavy atom. The minimum atomic E-state index is 0.152. The average molecular weight is 354 g/mol. The van der Waals surface area contributed by atoms with Gasteiger partial charge in [0.25, 0.3) is 0 Å². The molecule has 0 aliphatic heterocycles. The van der Waals surface area contributed by atoms with E-state index >= 15 is 0 Å². The van der Waals surface area contributed by atoms with Crippen LogP contribution >= 0.6 is 15.9 Å². The van der Waals surface area contributed by atoms with Gasteiger partial charge in [-0.15, -0.1) is 0 Å². The van der Waals surface area contributed by atoms with Gasteiger partial charge in [0.2, 0.25) is 0 Å². The van der Waals surface area contributed by atoms with Crippen molar-refractivity contribution >= 4 is 15.9 Å². The highest BCUT2D eigenvalue weighted by Crippen LogP contribution is 2.38. The Hall–Kier alpha value is -0.540. The summed E-state index contributed by atoms with van der Waals surface area (Å²) >= 11 is 3.56. The number of rotatable bonds is 6. The summed E-state index contributed by atoms with van der Waals surface area (Å²) in [5.41, 5.74) is 7.74. The van der Waals surface area contributed by atoms with E-state index in [1.54, 1.807) is 7.11 Å². The topological polar surface area (TPSA) is 35.2 Å². The van der Waals surface area contributed by atoms with Crippen molar-refractivity contribution in [1.29, 1.82) is 0 Å². The molecule has 1 atom stereocenters. The number of nitrogens with two attached hydrogens (primary N) is 1. The van der Waals surface area contributed by atoms with E-state index in [1.165, 1.54) is 50.5 Å². The van der Waals surface area contributed by atoms with Crippen LogP contribution in [0.1, 0.15) is 63.5 Å². The van der Waals surface area contributed by atoms with Crippen LogP contribution in [0.4, 0.5) is 0 Å². The minimum Gasteiger partial charge on any atom is -0.496 e. The molecule has 21 heavy (non-hydrogen) atoms. The molecule has 0 saturated heterocycles. The zero-order valence-electron chi connectivity index (χ0n) is 13.3. The molecule has 3 heteroatoms. The van der Waals surface area contributed by atoms with Crippen LogP contribution in [0.15, 0.2) is 22.7 Å². The number of benzene rings is 1. The van der Waals surface area contributed by atoms with Gasteiger partial charge in [0.1, 0.15) is 5.75 Å². The van der Waals surface area contributed by atoms with E-state index in [1.807, 2.05) is 6.07 Å². The van der Waals surface area contributed by atoms with Crippen LogP contribution in [0, 0.1) is 11.8 Å². The van der Waals surface area contributed by atoms with Gasteiger partial charge in [-0.1, -0.05) is 45.1 Å². The van der Waals surface area contributed by atoms with E-state index in [-0.39, 0.29) is 6.04 Å². The van der Waals surface area contributed by atoms with Crippen LogP contribution in [-0.2, 0) is 0 Å². The van der Waals surface area contributed by atoms with Gasteiger partial charge in [0.05, 0.1) is 11.6 Å². The van der Waals surface area contributed by atoms with E-state index in [4.69, 9.17) is 10.5 Å². The largest absolute Gasteiger partial charge is 0.496 e. The van der Waals surface area contributed by atoms with Gasteiger partial charge in [-0.3, -0.25) is 0 Å². The van der Waals surface area contributed by atoms with Crippen molar-refractivity contribution < 1.29 is 4.74 Å². The highest BCUT2D eigenvalue weighted by Gasteiger charge is 2.26. The van der Waals surface area contributed by atoms with Crippen LogP contribution in [-0.4, -0.2) is 7.11 Å². The van der Waals surface area contributed by atoms with E-state index < -0.39 is 0 Å². The molecule has 0 amide bonds. The summed E-state index contributed by atoms with van der Waals surface area (Å²) < 4.78 is 6.28. The van der Waals surface area contributed by atoms with Gasteiger partial charge in [-0.05, 0) is 58.3 Å². The fraction of sp³-hybridized carbons (Fsp3) is 0.667. The van der Waals surface area contributed by atoms with Crippen LogP contribution in [0.25, 0.3) is 0 Å². The van der Waals surface area contributed by atoms with Gasteiger partial charge < -0.3 is 10.5 Å². The molecule has 1 unspecified atom stereocenters. The molecule has 1 saturated carbocycles. The SMILES string of the molecule is CCCCC1CCC(C(N)c2ccc(OC)c(Br)c2)CC1. The molecule has 0 bridgehead atoms. The van der Waals surface area contributed by atoms with E-state index in [2.05, 4.69) is 35.0 Å². The third kappa shape index (κ3) is 4.46. The average Bonchev–Trinajstić information content (AvgIpc) is 2.52. The molecule has 0 aromatic heterocycles. The number of unbranched alkanes of at least 4 members (excludes halogenated alkanes) is 1. The van der Waals surface area contributed by atoms with Crippen molar-refractivity contribution in [3.05, 3.63) is 28.2 Å². The van der Waals surface area contributed by atoms with Crippen molar-refractivity contribution in [2.24, 2.45) is 17.6 Å². The smallest absolute Gasteiger partial charge is 0.133 e. The summed E-state index contributed by atoms with van der Waals surface area (Å²) in [6.07, 6.45) is 9.38. The Morgan fingerprint density at radius 2 is 2.00 bits per heavy atom. The molecule has 1 aliphatic rings. The van der Waals surface area contributed by atoms with Crippen molar-refractivity contribution in [3.63, 3.8) is 0 Å². The quantitative estimate of drug-likeness (QED) is 0.737. The molecule has 2 nitrogen and oxygen atoms in total. The lowest BCUT2D eigenvalue weighted by Gasteiger charge is -2.32. The highest BCUT2D eigenvalue weighted by atomic mass is 79.9. The first-order chi connectivity index (χ1) is 10.2. The van der Waals surface area contributed by atoms with Crippen molar-refractivity contribution in [2.75, 3.05) is 7.11 Å². The molecular formula is C18H28BrNO. The summed E-state index contributed by atoms with van der Waals surface area (Å²) in [5.74, 6) is 2.44. The molecule has 2 N–H and O–H groups in total. The Kier molecular flexibility index (Phi) is 6.56. The Balaban J connectivity index is 1.92. The monoisotopic (exact) mass is 353 g/mol. The summed E-state index contributed by atoms with van der Waals surface area (Å²) in [6.45, 7) is 2.28. The van der Waals surface area contributed by atoms with Crippen molar-refractivity contribution in [1.82, 2.24) is 0 Å². The van der Waals surface area contributed by atoms with Gasteiger partial charge in [-0.2, -0.15) is 0 Å². The van der Waals surface area contributed by atoms with Crippen LogP contribution in [0.2, 0.25) is 0 Å². The second-order valence-corrected chi connectivity index (χ2v) is 7.20. The minimum absolute atomic E-state index is 0.152. The molecule has 118 valence electrons. The number of halogens is 1. The Morgan fingerprint density at radius 1 is 1.29 bits per heavy atom. The first-order valence-electron chi connectivity index (χ1n) is 8.24. The summed E-state index contributed by atoms with van der Waals surface area (Å²) in [4.78, 5) is 0.